The Labute approximate surface area is 150 Å². The molecule has 2 aromatic heterocycles. The van der Waals surface area contributed by atoms with Gasteiger partial charge < -0.3 is 15.0 Å². The average Bonchev–Trinajstić information content (AvgIpc) is 3.21. The van der Waals surface area contributed by atoms with Crippen molar-refractivity contribution >= 4 is 28.1 Å². The molecule has 136 valence electrons. The summed E-state index contributed by atoms with van der Waals surface area (Å²) in [5, 5.41) is 7.18. The maximum absolute atomic E-state index is 12.5. The van der Waals surface area contributed by atoms with Gasteiger partial charge in [0.25, 0.3) is 0 Å². The first-order valence-electron chi connectivity index (χ1n) is 8.53. The Balaban J connectivity index is 1.49. The maximum Gasteiger partial charge on any atom is 0.248 e. The highest BCUT2D eigenvalue weighted by Gasteiger charge is 2.28. The standard InChI is InChI=1S/C16H23N5O3S/c1-3-24-9-14(22)20-6-4-12(5-7-20)15(23)18-11(2)13-8-21-16(19-13)25-10-17-21/h8,10-12H,3-7,9H2,1-2H3,(H,18,23)/t11-/m0/s1. The van der Waals surface area contributed by atoms with Crippen molar-refractivity contribution in [3.8, 4) is 0 Å². The highest BCUT2D eigenvalue weighted by atomic mass is 32.1. The van der Waals surface area contributed by atoms with Crippen LogP contribution in [0, 0.1) is 5.92 Å². The van der Waals surface area contributed by atoms with Crippen molar-refractivity contribution in [2.24, 2.45) is 5.92 Å². The average molecular weight is 365 g/mol. The van der Waals surface area contributed by atoms with Crippen LogP contribution < -0.4 is 5.32 Å². The Kier molecular flexibility index (Phi) is 5.64. The predicted molar refractivity (Wildman–Crippen MR) is 93.2 cm³/mol. The van der Waals surface area contributed by atoms with Gasteiger partial charge in [0.15, 0.2) is 0 Å². The van der Waals surface area contributed by atoms with Crippen molar-refractivity contribution in [1.29, 1.82) is 0 Å². The summed E-state index contributed by atoms with van der Waals surface area (Å²) < 4.78 is 6.87. The monoisotopic (exact) mass is 365 g/mol. The van der Waals surface area contributed by atoms with Crippen LogP contribution in [0.25, 0.3) is 4.96 Å². The van der Waals surface area contributed by atoms with Crippen LogP contribution in [0.1, 0.15) is 38.4 Å². The van der Waals surface area contributed by atoms with E-state index in [1.807, 2.05) is 20.0 Å². The molecule has 0 spiro atoms. The molecule has 2 amide bonds. The molecular weight excluding hydrogens is 342 g/mol. The molecule has 8 nitrogen and oxygen atoms in total. The molecular formula is C16H23N5O3S. The first-order valence-corrected chi connectivity index (χ1v) is 9.41. The van der Waals surface area contributed by atoms with Crippen LogP contribution in [0.5, 0.6) is 0 Å². The van der Waals surface area contributed by atoms with E-state index in [9.17, 15) is 9.59 Å². The van der Waals surface area contributed by atoms with Gasteiger partial charge in [0.2, 0.25) is 16.8 Å². The predicted octanol–water partition coefficient (Wildman–Crippen LogP) is 1.24. The molecule has 1 aliphatic heterocycles. The number of rotatable bonds is 6. The van der Waals surface area contributed by atoms with Gasteiger partial charge in [-0.2, -0.15) is 5.10 Å². The molecule has 1 atom stereocenters. The molecule has 0 unspecified atom stereocenters. The molecule has 1 N–H and O–H groups in total. The van der Waals surface area contributed by atoms with Gasteiger partial charge in [-0.25, -0.2) is 9.50 Å². The van der Waals surface area contributed by atoms with Gasteiger partial charge in [-0.15, -0.1) is 0 Å². The number of carbonyl (C=O) groups is 2. The van der Waals surface area contributed by atoms with Crippen LogP contribution in [-0.2, 0) is 14.3 Å². The molecule has 3 heterocycles. The van der Waals surface area contributed by atoms with E-state index in [1.165, 1.54) is 11.3 Å². The molecule has 1 aliphatic rings. The van der Waals surface area contributed by atoms with Gasteiger partial charge in [-0.05, 0) is 26.7 Å². The largest absolute Gasteiger partial charge is 0.372 e. The van der Waals surface area contributed by atoms with Crippen molar-refractivity contribution in [1.82, 2.24) is 24.8 Å². The van der Waals surface area contributed by atoms with Crippen molar-refractivity contribution in [2.45, 2.75) is 32.7 Å². The van der Waals surface area contributed by atoms with Crippen molar-refractivity contribution in [2.75, 3.05) is 26.3 Å². The number of nitrogens with zero attached hydrogens (tertiary/aromatic N) is 4. The number of hydrogen-bond acceptors (Lipinski definition) is 6. The fourth-order valence-electron chi connectivity index (χ4n) is 2.94. The number of piperidine rings is 1. The zero-order valence-corrected chi connectivity index (χ0v) is 15.3. The molecule has 0 bridgehead atoms. The maximum atomic E-state index is 12.5. The number of aromatic nitrogens is 3. The van der Waals surface area contributed by atoms with E-state index < -0.39 is 0 Å². The number of nitrogens with one attached hydrogen (secondary N) is 1. The Morgan fingerprint density at radius 2 is 2.20 bits per heavy atom. The van der Waals surface area contributed by atoms with Gasteiger partial charge in [0.1, 0.15) is 12.1 Å². The van der Waals surface area contributed by atoms with E-state index in [-0.39, 0.29) is 30.4 Å². The highest BCUT2D eigenvalue weighted by Crippen LogP contribution is 2.20. The second-order valence-electron chi connectivity index (χ2n) is 6.15. The summed E-state index contributed by atoms with van der Waals surface area (Å²) in [5.74, 6) is -0.0474. The third-order valence-corrected chi connectivity index (χ3v) is 5.14. The van der Waals surface area contributed by atoms with Gasteiger partial charge in [-0.3, -0.25) is 9.59 Å². The molecule has 2 aromatic rings. The lowest BCUT2D eigenvalue weighted by atomic mass is 9.95. The van der Waals surface area contributed by atoms with E-state index >= 15 is 0 Å². The van der Waals surface area contributed by atoms with E-state index in [1.54, 1.807) is 14.9 Å². The Morgan fingerprint density at radius 1 is 1.44 bits per heavy atom. The molecule has 3 rings (SSSR count). The molecule has 0 aliphatic carbocycles. The lowest BCUT2D eigenvalue weighted by Gasteiger charge is -2.31. The zero-order valence-electron chi connectivity index (χ0n) is 14.5. The lowest BCUT2D eigenvalue weighted by molar-refractivity contribution is -0.139. The molecule has 0 aromatic carbocycles. The number of likely N-dealkylation sites (tertiary alicyclic amines) is 1. The van der Waals surface area contributed by atoms with Crippen LogP contribution in [0.4, 0.5) is 0 Å². The first kappa shape index (κ1) is 17.8. The first-order chi connectivity index (χ1) is 12.1. The number of ether oxygens (including phenoxy) is 1. The fourth-order valence-corrected chi connectivity index (χ4v) is 3.55. The number of imidazole rings is 1. The van der Waals surface area contributed by atoms with Crippen molar-refractivity contribution < 1.29 is 14.3 Å². The quantitative estimate of drug-likeness (QED) is 0.832. The Morgan fingerprint density at radius 3 is 2.88 bits per heavy atom. The zero-order chi connectivity index (χ0) is 17.8. The van der Waals surface area contributed by atoms with Gasteiger partial charge in [-0.1, -0.05) is 11.3 Å². The van der Waals surface area contributed by atoms with Gasteiger partial charge in [0, 0.05) is 25.6 Å². The summed E-state index contributed by atoms with van der Waals surface area (Å²) in [7, 11) is 0. The summed E-state index contributed by atoms with van der Waals surface area (Å²) in [6.45, 7) is 5.64. The smallest absolute Gasteiger partial charge is 0.248 e. The summed E-state index contributed by atoms with van der Waals surface area (Å²) in [6.07, 6.45) is 3.19. The molecule has 1 saturated heterocycles. The second kappa shape index (κ2) is 7.92. The topological polar surface area (TPSA) is 88.8 Å². The van der Waals surface area contributed by atoms with Crippen LogP contribution in [0.2, 0.25) is 0 Å². The minimum absolute atomic E-state index is 0.000318. The lowest BCUT2D eigenvalue weighted by Crippen LogP contribution is -2.44. The summed E-state index contributed by atoms with van der Waals surface area (Å²) in [4.78, 5) is 31.5. The summed E-state index contributed by atoms with van der Waals surface area (Å²) in [6, 6.07) is -0.168. The van der Waals surface area contributed by atoms with E-state index in [2.05, 4.69) is 15.4 Å². The van der Waals surface area contributed by atoms with Crippen LogP contribution in [0.3, 0.4) is 0 Å². The Bertz CT molecular complexity index is 707. The van der Waals surface area contributed by atoms with Crippen LogP contribution in [-0.4, -0.2) is 57.6 Å². The summed E-state index contributed by atoms with van der Waals surface area (Å²) in [5.41, 5.74) is 2.53. The fraction of sp³-hybridized carbons (Fsp3) is 0.625. The molecule has 0 radical (unpaired) electrons. The minimum Gasteiger partial charge on any atom is -0.372 e. The van der Waals surface area contributed by atoms with E-state index in [4.69, 9.17) is 4.74 Å². The van der Waals surface area contributed by atoms with Gasteiger partial charge >= 0.3 is 0 Å². The summed E-state index contributed by atoms with van der Waals surface area (Å²) >= 11 is 1.46. The highest BCUT2D eigenvalue weighted by molar-refractivity contribution is 7.14. The number of amides is 2. The van der Waals surface area contributed by atoms with Gasteiger partial charge in [0.05, 0.1) is 17.9 Å². The van der Waals surface area contributed by atoms with Crippen molar-refractivity contribution in [3.63, 3.8) is 0 Å². The van der Waals surface area contributed by atoms with Crippen LogP contribution in [0.15, 0.2) is 11.7 Å². The van der Waals surface area contributed by atoms with Crippen molar-refractivity contribution in [3.05, 3.63) is 17.4 Å². The number of hydrogen-bond donors (Lipinski definition) is 1. The van der Waals surface area contributed by atoms with E-state index in [0.29, 0.717) is 32.5 Å². The minimum atomic E-state index is -0.168. The van der Waals surface area contributed by atoms with E-state index in [0.717, 1.165) is 10.7 Å². The third kappa shape index (κ3) is 4.16. The SMILES string of the molecule is CCOCC(=O)N1CCC(C(=O)N[C@@H](C)c2cn3ncsc3n2)CC1. The normalized spacial score (nSPS) is 17.0. The third-order valence-electron chi connectivity index (χ3n) is 4.46. The molecule has 1 fully saturated rings. The number of fused-ring (bicyclic) bond motifs is 1. The molecule has 0 saturated carbocycles. The molecule has 25 heavy (non-hydrogen) atoms. The van der Waals surface area contributed by atoms with Crippen LogP contribution >= 0.6 is 11.3 Å². The molecule has 9 heteroatoms. The Hall–Kier alpha value is -2.00. The second-order valence-corrected chi connectivity index (χ2v) is 6.97. The number of carbonyl (C=O) groups excluding carboxylic acids is 2.